The van der Waals surface area contributed by atoms with Crippen molar-refractivity contribution in [2.24, 2.45) is 0 Å². The van der Waals surface area contributed by atoms with Crippen LogP contribution >= 0.6 is 0 Å². The van der Waals surface area contributed by atoms with Crippen molar-refractivity contribution >= 4 is 0 Å². The van der Waals surface area contributed by atoms with Crippen molar-refractivity contribution in [2.75, 3.05) is 0 Å². The van der Waals surface area contributed by atoms with E-state index in [1.165, 1.54) is 16.7 Å². The zero-order chi connectivity index (χ0) is 91.8. The first-order valence-electron chi connectivity index (χ1n) is 46.1. The Morgan fingerprint density at radius 3 is 0.449 bits per heavy atom. The lowest BCUT2D eigenvalue weighted by molar-refractivity contribution is 0.269. The number of hydrogen-bond acceptors (Lipinski definition) is 15. The molecule has 17 aromatic rings. The summed E-state index contributed by atoms with van der Waals surface area (Å²) in [5.74, 6) is 9.11. The maximum Gasteiger partial charge on any atom is 0.123 e. The van der Waals surface area contributed by atoms with Crippen molar-refractivity contribution in [1.29, 1.82) is 0 Å². The van der Waals surface area contributed by atoms with E-state index < -0.39 is 0 Å². The zero-order valence-corrected chi connectivity index (χ0v) is 75.8. The molecule has 4 aliphatic rings. The minimum Gasteiger partial charge on any atom is -0.489 e. The van der Waals surface area contributed by atoms with Crippen molar-refractivity contribution < 1.29 is 71.1 Å². The molecule has 0 amide bonds. The molecule has 0 spiro atoms. The van der Waals surface area contributed by atoms with Crippen LogP contribution in [0, 0.1) is 0 Å². The molecular weight excluding hydrogens is 1690 g/mol. The van der Waals surface area contributed by atoms with E-state index in [1.54, 1.807) is 0 Å². The van der Waals surface area contributed by atoms with Crippen LogP contribution in [0.5, 0.6) is 86.2 Å². The molecule has 17 aromatic carbocycles. The molecular formula is C121H106O15. The average Bonchev–Trinajstić information content (AvgIpc) is 0.682. The minimum atomic E-state index is 0.0797. The summed E-state index contributed by atoms with van der Waals surface area (Å²) < 4.78 is 101. The molecule has 0 saturated carbocycles. The fourth-order valence-electron chi connectivity index (χ4n) is 15.8. The second-order valence-corrected chi connectivity index (χ2v) is 33.7. The second-order valence-electron chi connectivity index (χ2n) is 33.7. The van der Waals surface area contributed by atoms with Gasteiger partial charge in [0.1, 0.15) is 185 Å². The van der Waals surface area contributed by atoms with Crippen LogP contribution < -0.4 is 71.1 Å². The summed E-state index contributed by atoms with van der Waals surface area (Å²) in [6.45, 7) is 3.84. The molecule has 136 heavy (non-hydrogen) atoms. The van der Waals surface area contributed by atoms with E-state index in [-0.39, 0.29) is 46.2 Å². The van der Waals surface area contributed by atoms with Crippen LogP contribution in [0.1, 0.15) is 106 Å². The molecule has 4 bridgehead atoms. The van der Waals surface area contributed by atoms with Gasteiger partial charge in [0.15, 0.2) is 0 Å². The lowest BCUT2D eigenvalue weighted by atomic mass is 9.96. The summed E-state index contributed by atoms with van der Waals surface area (Å²) in [5, 5.41) is 0. The third-order valence-electron chi connectivity index (χ3n) is 22.9. The number of aryl methyl sites for hydroxylation is 4. The van der Waals surface area contributed by atoms with Gasteiger partial charge in [0, 0.05) is 42.5 Å². The van der Waals surface area contributed by atoms with Crippen LogP contribution in [-0.4, -0.2) is 0 Å². The Morgan fingerprint density at radius 1 is 0.118 bits per heavy atom. The largest absolute Gasteiger partial charge is 0.489 e. The van der Waals surface area contributed by atoms with Crippen LogP contribution in [0.2, 0.25) is 0 Å². The van der Waals surface area contributed by atoms with Crippen LogP contribution in [0.4, 0.5) is 0 Å². The van der Waals surface area contributed by atoms with Crippen molar-refractivity contribution in [2.45, 2.75) is 125 Å². The highest BCUT2D eigenvalue weighted by atomic mass is 16.5. The van der Waals surface area contributed by atoms with Gasteiger partial charge in [0.05, 0.1) is 0 Å². The highest BCUT2D eigenvalue weighted by Gasteiger charge is 2.19. The third kappa shape index (κ3) is 27.9. The van der Waals surface area contributed by atoms with Gasteiger partial charge in [-0.1, -0.05) is 279 Å². The van der Waals surface area contributed by atoms with Gasteiger partial charge in [-0.3, -0.25) is 0 Å². The Kier molecular flexibility index (Phi) is 31.0. The maximum atomic E-state index is 7.07. The smallest absolute Gasteiger partial charge is 0.123 e. The number of benzene rings is 17. The molecule has 0 aliphatic heterocycles. The average molecular weight is 1800 g/mol. The molecule has 0 N–H and O–H groups in total. The highest BCUT2D eigenvalue weighted by Crippen LogP contribution is 2.37. The van der Waals surface area contributed by atoms with Gasteiger partial charge in [-0.05, 0) is 222 Å². The topological polar surface area (TPSA) is 138 Å². The quantitative estimate of drug-likeness (QED) is 0.0357. The molecule has 4 aliphatic carbocycles. The predicted octanol–water partition coefficient (Wildman–Crippen LogP) is 27.3. The molecule has 15 heteroatoms. The monoisotopic (exact) mass is 1800 g/mol. The molecule has 0 radical (unpaired) electrons. The van der Waals surface area contributed by atoms with Crippen LogP contribution in [0.15, 0.2) is 413 Å². The fraction of sp³-hybridized carbons (Fsp3) is 0.157. The molecule has 15 nitrogen and oxygen atoms in total. The van der Waals surface area contributed by atoms with Gasteiger partial charge in [0.2, 0.25) is 0 Å². The van der Waals surface area contributed by atoms with E-state index in [4.69, 9.17) is 71.1 Å². The maximum absolute atomic E-state index is 7.07. The Bertz CT molecular complexity index is 5750. The van der Waals surface area contributed by atoms with E-state index >= 15 is 0 Å². The van der Waals surface area contributed by atoms with E-state index in [9.17, 15) is 0 Å². The molecule has 21 rings (SSSR count). The number of hydrogen-bond donors (Lipinski definition) is 0. The normalized spacial score (nSPS) is 11.4. The minimum absolute atomic E-state index is 0.0797. The van der Waals surface area contributed by atoms with E-state index in [1.807, 2.05) is 370 Å². The summed E-state index contributed by atoms with van der Waals surface area (Å²) in [6.07, 6.45) is 3.44. The molecule has 0 atom stereocenters. The standard InChI is InChI=1S/C121H106O15/c1-9-25-91(26-10-1)73-122-107-51-99(52-108(66-107)123-74-92-27-11-2-12-28-92)81-130-115-59-103(60-116(70-115)131-82-100-53-109(124-75-93-29-13-3-14-30-93)67-110(54-100)125-76-94-31-15-4-16-32-94)85-134-119-63-105(87-136-121-65-90-46-45-88-41-43-89(44-42-88)47-49-106(121)50-48-90)64-120(72-119)135-86-104-61-117(132-83-101-55-111(126-77-95-33-17-5-18-34-95)68-112(56-101)127-78-96-35-19-6-20-36-96)71-118(62-104)133-84-102-57-113(128-79-97-37-21-7-22-38-97)69-114(58-102)129-80-98-39-23-8-24-40-98/h1-44,48,50-72H,45-47,49,73-87H2. The fourth-order valence-corrected chi connectivity index (χ4v) is 15.8. The van der Waals surface area contributed by atoms with Crippen LogP contribution in [-0.2, 0) is 125 Å². The van der Waals surface area contributed by atoms with E-state index in [0.717, 1.165) is 120 Å². The Morgan fingerprint density at radius 2 is 0.265 bits per heavy atom. The molecule has 680 valence electrons. The van der Waals surface area contributed by atoms with Gasteiger partial charge in [-0.2, -0.15) is 0 Å². The number of rotatable bonds is 45. The Balaban J connectivity index is 0.666. The molecule has 0 unspecified atom stereocenters. The summed E-state index contributed by atoms with van der Waals surface area (Å²) in [4.78, 5) is 0. The lowest BCUT2D eigenvalue weighted by Crippen LogP contribution is -2.05. The van der Waals surface area contributed by atoms with Crippen molar-refractivity contribution in [3.63, 3.8) is 0 Å². The first-order chi connectivity index (χ1) is 67.2. The molecule has 0 fully saturated rings. The highest BCUT2D eigenvalue weighted by molar-refractivity contribution is 5.49. The van der Waals surface area contributed by atoms with Gasteiger partial charge < -0.3 is 71.1 Å². The molecule has 0 aromatic heterocycles. The summed E-state index contributed by atoms with van der Waals surface area (Å²) in [7, 11) is 0. The SMILES string of the molecule is c1ccc(COc2cc(COc3cc(COc4cc(COc5cc6ccc5CCc5ccc(cc5)CC6)cc(OCc5cc(OCc6cc(OCc7ccccc7)cc(OCc7ccccc7)c6)cc(OCc6cc(OCc7ccccc7)cc(OCc7ccccc7)c6)c5)c4)cc(OCc4cc(OCc5ccccc5)cc(OCc5ccccc5)c4)c3)cc(OCc3ccccc3)c2)cc1. The van der Waals surface area contributed by atoms with Crippen molar-refractivity contribution in [1.82, 2.24) is 0 Å². The van der Waals surface area contributed by atoms with Gasteiger partial charge >= 0.3 is 0 Å². The van der Waals surface area contributed by atoms with Gasteiger partial charge in [0.25, 0.3) is 0 Å². The number of ether oxygens (including phenoxy) is 15. The molecule has 0 saturated heterocycles. The van der Waals surface area contributed by atoms with E-state index in [2.05, 4.69) is 42.5 Å². The van der Waals surface area contributed by atoms with Crippen LogP contribution in [0.25, 0.3) is 0 Å². The van der Waals surface area contributed by atoms with Crippen molar-refractivity contribution in [3.05, 3.63) is 518 Å². The lowest BCUT2D eigenvalue weighted by Gasteiger charge is -2.18. The predicted molar refractivity (Wildman–Crippen MR) is 529 cm³/mol. The van der Waals surface area contributed by atoms with Gasteiger partial charge in [-0.25, -0.2) is 0 Å². The first-order valence-corrected chi connectivity index (χ1v) is 46.1. The van der Waals surface area contributed by atoms with Gasteiger partial charge in [-0.15, -0.1) is 0 Å². The van der Waals surface area contributed by atoms with E-state index in [0.29, 0.717) is 133 Å². The summed E-state index contributed by atoms with van der Waals surface area (Å²) in [6, 6.07) is 138. The molecule has 0 heterocycles. The Hall–Kier alpha value is -16.3. The Labute approximate surface area is 795 Å². The third-order valence-corrected chi connectivity index (χ3v) is 22.9. The first kappa shape index (κ1) is 90.3. The summed E-state index contributed by atoms with van der Waals surface area (Å²) in [5.41, 5.74) is 18.8. The summed E-state index contributed by atoms with van der Waals surface area (Å²) >= 11 is 0. The second kappa shape index (κ2) is 46.7. The van der Waals surface area contributed by atoms with Crippen molar-refractivity contribution in [3.8, 4) is 86.2 Å². The van der Waals surface area contributed by atoms with Crippen LogP contribution in [0.3, 0.4) is 0 Å². The zero-order valence-electron chi connectivity index (χ0n) is 75.8.